The molecule has 1 saturated heterocycles. The molecular weight excluding hydrogens is 122 g/mol. The molecule has 0 radical (unpaired) electrons. The lowest BCUT2D eigenvalue weighted by Gasteiger charge is -2.11. The highest BCUT2D eigenvalue weighted by molar-refractivity contribution is 4.79. The molecular formula is C9H19N. The van der Waals surface area contributed by atoms with Crippen LogP contribution in [0, 0.1) is 11.8 Å². The van der Waals surface area contributed by atoms with Crippen molar-refractivity contribution in [3.05, 3.63) is 0 Å². The quantitative estimate of drug-likeness (QED) is 0.620. The summed E-state index contributed by atoms with van der Waals surface area (Å²) >= 11 is 0. The van der Waals surface area contributed by atoms with Crippen molar-refractivity contribution in [2.75, 3.05) is 6.54 Å². The minimum absolute atomic E-state index is 0.815. The molecule has 1 N–H and O–H groups in total. The van der Waals surface area contributed by atoms with Crippen LogP contribution in [-0.2, 0) is 0 Å². The molecule has 1 nitrogen and oxygen atoms in total. The van der Waals surface area contributed by atoms with Crippen molar-refractivity contribution in [2.45, 2.75) is 39.7 Å². The Morgan fingerprint density at radius 3 is 2.60 bits per heavy atom. The van der Waals surface area contributed by atoms with Gasteiger partial charge in [0.15, 0.2) is 0 Å². The lowest BCUT2D eigenvalue weighted by atomic mass is 10.00. The van der Waals surface area contributed by atoms with Crippen LogP contribution in [0.5, 0.6) is 0 Å². The van der Waals surface area contributed by atoms with Gasteiger partial charge in [0.05, 0.1) is 0 Å². The zero-order valence-corrected chi connectivity index (χ0v) is 7.35. The average molecular weight is 141 g/mol. The van der Waals surface area contributed by atoms with E-state index in [-0.39, 0.29) is 0 Å². The number of rotatable bonds is 2. The predicted molar refractivity (Wildman–Crippen MR) is 45.0 cm³/mol. The van der Waals surface area contributed by atoms with E-state index < -0.39 is 0 Å². The van der Waals surface area contributed by atoms with Gasteiger partial charge in [0.25, 0.3) is 0 Å². The summed E-state index contributed by atoms with van der Waals surface area (Å²) in [6, 6.07) is 0.815. The summed E-state index contributed by atoms with van der Waals surface area (Å²) in [6.07, 6.45) is 2.74. The van der Waals surface area contributed by atoms with E-state index in [2.05, 4.69) is 26.1 Å². The summed E-state index contributed by atoms with van der Waals surface area (Å²) in [4.78, 5) is 0. The van der Waals surface area contributed by atoms with Gasteiger partial charge in [-0.2, -0.15) is 0 Å². The van der Waals surface area contributed by atoms with Gasteiger partial charge in [-0.05, 0) is 31.2 Å². The number of nitrogens with one attached hydrogen (secondary N) is 1. The first-order valence-electron chi connectivity index (χ1n) is 4.42. The second-order valence-corrected chi connectivity index (χ2v) is 4.08. The molecule has 60 valence electrons. The molecule has 1 rings (SSSR count). The van der Waals surface area contributed by atoms with E-state index >= 15 is 0 Å². The molecule has 1 fully saturated rings. The summed E-state index contributed by atoms with van der Waals surface area (Å²) in [6.45, 7) is 8.15. The molecule has 0 saturated carbocycles. The topological polar surface area (TPSA) is 12.0 Å². The van der Waals surface area contributed by atoms with Crippen molar-refractivity contribution in [3.8, 4) is 0 Å². The molecule has 1 aliphatic heterocycles. The van der Waals surface area contributed by atoms with E-state index in [9.17, 15) is 0 Å². The third kappa shape index (κ3) is 2.30. The van der Waals surface area contributed by atoms with E-state index in [0.717, 1.165) is 17.9 Å². The largest absolute Gasteiger partial charge is 0.314 e. The molecule has 0 aromatic carbocycles. The van der Waals surface area contributed by atoms with Crippen LogP contribution in [-0.4, -0.2) is 12.6 Å². The minimum Gasteiger partial charge on any atom is -0.314 e. The third-order valence-corrected chi connectivity index (χ3v) is 2.20. The van der Waals surface area contributed by atoms with E-state index in [1.807, 2.05) is 0 Å². The molecule has 10 heavy (non-hydrogen) atoms. The maximum Gasteiger partial charge on any atom is 0.00726 e. The zero-order chi connectivity index (χ0) is 7.56. The van der Waals surface area contributed by atoms with Crippen molar-refractivity contribution in [2.24, 2.45) is 11.8 Å². The summed E-state index contributed by atoms with van der Waals surface area (Å²) in [7, 11) is 0. The zero-order valence-electron chi connectivity index (χ0n) is 7.35. The number of hydrogen-bond donors (Lipinski definition) is 1. The highest BCUT2D eigenvalue weighted by Crippen LogP contribution is 2.18. The predicted octanol–water partition coefficient (Wildman–Crippen LogP) is 2.03. The lowest BCUT2D eigenvalue weighted by Crippen LogP contribution is -2.22. The van der Waals surface area contributed by atoms with Crippen LogP contribution in [0.4, 0.5) is 0 Å². The van der Waals surface area contributed by atoms with Crippen LogP contribution in [0.1, 0.15) is 33.6 Å². The molecule has 0 bridgehead atoms. The Balaban J connectivity index is 2.18. The SMILES string of the molecule is CC(C)CC1CC(C)CN1. The molecule has 2 atom stereocenters. The molecule has 0 amide bonds. The van der Waals surface area contributed by atoms with Gasteiger partial charge in [0.2, 0.25) is 0 Å². The van der Waals surface area contributed by atoms with Crippen LogP contribution >= 0.6 is 0 Å². The molecule has 1 heterocycles. The van der Waals surface area contributed by atoms with Crippen molar-refractivity contribution in [3.63, 3.8) is 0 Å². The fourth-order valence-electron chi connectivity index (χ4n) is 1.77. The Labute approximate surface area is 64.2 Å². The number of hydrogen-bond acceptors (Lipinski definition) is 1. The highest BCUT2D eigenvalue weighted by atomic mass is 14.9. The maximum atomic E-state index is 3.54. The fraction of sp³-hybridized carbons (Fsp3) is 1.00. The molecule has 1 heteroatoms. The normalized spacial score (nSPS) is 33.6. The molecule has 1 aliphatic rings. The van der Waals surface area contributed by atoms with Gasteiger partial charge >= 0.3 is 0 Å². The van der Waals surface area contributed by atoms with Gasteiger partial charge in [-0.1, -0.05) is 20.8 Å². The van der Waals surface area contributed by atoms with Crippen LogP contribution in [0.15, 0.2) is 0 Å². The van der Waals surface area contributed by atoms with Crippen LogP contribution in [0.3, 0.4) is 0 Å². The van der Waals surface area contributed by atoms with Gasteiger partial charge in [-0.25, -0.2) is 0 Å². The first-order chi connectivity index (χ1) is 4.68. The Bertz CT molecular complexity index is 98.9. The van der Waals surface area contributed by atoms with E-state index in [1.165, 1.54) is 19.4 Å². The first kappa shape index (κ1) is 8.06. The Morgan fingerprint density at radius 2 is 2.20 bits per heavy atom. The molecule has 0 spiro atoms. The minimum atomic E-state index is 0.815. The molecule has 0 aliphatic carbocycles. The fourth-order valence-corrected chi connectivity index (χ4v) is 1.77. The highest BCUT2D eigenvalue weighted by Gasteiger charge is 2.20. The summed E-state index contributed by atoms with van der Waals surface area (Å²) < 4.78 is 0. The average Bonchev–Trinajstić information content (AvgIpc) is 2.13. The summed E-state index contributed by atoms with van der Waals surface area (Å²) in [5.41, 5.74) is 0. The van der Waals surface area contributed by atoms with E-state index in [1.54, 1.807) is 0 Å². The molecule has 0 aromatic rings. The van der Waals surface area contributed by atoms with Crippen LogP contribution < -0.4 is 5.32 Å². The monoisotopic (exact) mass is 141 g/mol. The van der Waals surface area contributed by atoms with Gasteiger partial charge in [-0.3, -0.25) is 0 Å². The molecule has 0 aromatic heterocycles. The van der Waals surface area contributed by atoms with Crippen molar-refractivity contribution >= 4 is 0 Å². The van der Waals surface area contributed by atoms with Crippen molar-refractivity contribution in [1.82, 2.24) is 5.32 Å². The Morgan fingerprint density at radius 1 is 1.50 bits per heavy atom. The van der Waals surface area contributed by atoms with Crippen molar-refractivity contribution < 1.29 is 0 Å². The van der Waals surface area contributed by atoms with Gasteiger partial charge in [0.1, 0.15) is 0 Å². The summed E-state index contributed by atoms with van der Waals surface area (Å²) in [5, 5.41) is 3.54. The standard InChI is InChI=1S/C9H19N/c1-7(2)4-9-5-8(3)6-10-9/h7-10H,4-6H2,1-3H3. The smallest absolute Gasteiger partial charge is 0.00726 e. The second kappa shape index (κ2) is 3.38. The van der Waals surface area contributed by atoms with Gasteiger partial charge in [-0.15, -0.1) is 0 Å². The van der Waals surface area contributed by atoms with Gasteiger partial charge in [0, 0.05) is 6.04 Å². The Hall–Kier alpha value is -0.0400. The second-order valence-electron chi connectivity index (χ2n) is 4.08. The maximum absolute atomic E-state index is 3.54. The lowest BCUT2D eigenvalue weighted by molar-refractivity contribution is 0.457. The molecule has 2 unspecified atom stereocenters. The Kier molecular flexibility index (Phi) is 2.72. The van der Waals surface area contributed by atoms with Crippen LogP contribution in [0.2, 0.25) is 0 Å². The summed E-state index contributed by atoms with van der Waals surface area (Å²) in [5.74, 6) is 1.76. The third-order valence-electron chi connectivity index (χ3n) is 2.20. The van der Waals surface area contributed by atoms with E-state index in [0.29, 0.717) is 0 Å². The van der Waals surface area contributed by atoms with E-state index in [4.69, 9.17) is 0 Å². The van der Waals surface area contributed by atoms with Gasteiger partial charge < -0.3 is 5.32 Å². The van der Waals surface area contributed by atoms with Crippen LogP contribution in [0.25, 0.3) is 0 Å². The van der Waals surface area contributed by atoms with Crippen molar-refractivity contribution in [1.29, 1.82) is 0 Å². The first-order valence-corrected chi connectivity index (χ1v) is 4.42.